The first-order valence-corrected chi connectivity index (χ1v) is 5.50. The maximum absolute atomic E-state index is 6.25. The van der Waals surface area contributed by atoms with Gasteiger partial charge in [-0.1, -0.05) is 11.6 Å². The summed E-state index contributed by atoms with van der Waals surface area (Å²) in [7, 11) is 1.68. The molecule has 1 aliphatic rings. The minimum Gasteiger partial charge on any atom is -0.496 e. The molecule has 0 amide bonds. The van der Waals surface area contributed by atoms with Crippen LogP contribution < -0.4 is 10.5 Å². The van der Waals surface area contributed by atoms with Crippen molar-refractivity contribution >= 4 is 11.6 Å². The number of ether oxygens (including phenoxy) is 1. The molecule has 2 N–H and O–H groups in total. The normalized spacial score (nSPS) is 17.7. The Kier molecular flexibility index (Phi) is 2.44. The maximum atomic E-state index is 6.25. The molecule has 0 aromatic heterocycles. The van der Waals surface area contributed by atoms with Gasteiger partial charge in [-0.25, -0.2) is 0 Å². The molecule has 2 rings (SSSR count). The lowest BCUT2D eigenvalue weighted by Crippen LogP contribution is -2.21. The van der Waals surface area contributed by atoms with Gasteiger partial charge in [0.15, 0.2) is 0 Å². The molecule has 1 aromatic carbocycles. The number of hydrogen-bond donors (Lipinski definition) is 1. The fraction of sp³-hybridized carbons (Fsp3) is 0.500. The molecule has 0 heterocycles. The van der Waals surface area contributed by atoms with Gasteiger partial charge < -0.3 is 10.5 Å². The zero-order valence-electron chi connectivity index (χ0n) is 9.36. The van der Waals surface area contributed by atoms with Gasteiger partial charge in [-0.05, 0) is 49.4 Å². The van der Waals surface area contributed by atoms with Crippen LogP contribution in [0.3, 0.4) is 0 Å². The van der Waals surface area contributed by atoms with Gasteiger partial charge >= 0.3 is 0 Å². The quantitative estimate of drug-likeness (QED) is 0.840. The lowest BCUT2D eigenvalue weighted by atomic mass is 9.96. The molecule has 0 aliphatic heterocycles. The molecule has 0 bridgehead atoms. The maximum Gasteiger partial charge on any atom is 0.125 e. The van der Waals surface area contributed by atoms with Crippen LogP contribution in [-0.2, 0) is 5.54 Å². The van der Waals surface area contributed by atoms with Gasteiger partial charge in [0.25, 0.3) is 0 Å². The number of rotatable bonds is 2. The summed E-state index contributed by atoms with van der Waals surface area (Å²) in [4.78, 5) is 0. The van der Waals surface area contributed by atoms with Crippen molar-refractivity contribution in [3.8, 4) is 5.75 Å². The first kappa shape index (κ1) is 10.8. The molecule has 0 radical (unpaired) electrons. The van der Waals surface area contributed by atoms with E-state index in [1.54, 1.807) is 7.11 Å². The third-order valence-corrected chi connectivity index (χ3v) is 3.44. The molecule has 1 fully saturated rings. The first-order valence-electron chi connectivity index (χ1n) is 5.12. The summed E-state index contributed by atoms with van der Waals surface area (Å²) >= 11 is 6.25. The van der Waals surface area contributed by atoms with Gasteiger partial charge in [-0.15, -0.1) is 0 Å². The van der Waals surface area contributed by atoms with E-state index in [0.717, 1.165) is 40.3 Å². The Hall–Kier alpha value is -0.730. The van der Waals surface area contributed by atoms with Crippen molar-refractivity contribution < 1.29 is 4.74 Å². The molecule has 3 heteroatoms. The van der Waals surface area contributed by atoms with E-state index in [4.69, 9.17) is 22.1 Å². The van der Waals surface area contributed by atoms with Crippen LogP contribution in [0.1, 0.15) is 29.5 Å². The molecular formula is C12H16ClNO. The second-order valence-corrected chi connectivity index (χ2v) is 4.77. The monoisotopic (exact) mass is 225 g/mol. The third kappa shape index (κ3) is 1.62. The molecule has 0 unspecified atom stereocenters. The van der Waals surface area contributed by atoms with Crippen molar-refractivity contribution in [3.05, 3.63) is 27.8 Å². The van der Waals surface area contributed by atoms with Crippen LogP contribution in [0.2, 0.25) is 5.02 Å². The van der Waals surface area contributed by atoms with Crippen molar-refractivity contribution in [2.75, 3.05) is 7.11 Å². The Bertz CT molecular complexity index is 411. The fourth-order valence-electron chi connectivity index (χ4n) is 2.23. The van der Waals surface area contributed by atoms with Gasteiger partial charge in [-0.2, -0.15) is 0 Å². The third-order valence-electron chi connectivity index (χ3n) is 3.15. The minimum atomic E-state index is -0.206. The number of halogens is 1. The van der Waals surface area contributed by atoms with Crippen molar-refractivity contribution in [1.29, 1.82) is 0 Å². The zero-order valence-corrected chi connectivity index (χ0v) is 10.1. The predicted molar refractivity (Wildman–Crippen MR) is 62.6 cm³/mol. The van der Waals surface area contributed by atoms with Crippen LogP contribution in [-0.4, -0.2) is 7.11 Å². The van der Waals surface area contributed by atoms with Crippen molar-refractivity contribution in [1.82, 2.24) is 0 Å². The molecular weight excluding hydrogens is 210 g/mol. The Balaban J connectivity index is 2.64. The van der Waals surface area contributed by atoms with E-state index in [1.165, 1.54) is 0 Å². The predicted octanol–water partition coefficient (Wildman–Crippen LogP) is 2.91. The van der Waals surface area contributed by atoms with Crippen LogP contribution in [0.25, 0.3) is 0 Å². The number of benzene rings is 1. The topological polar surface area (TPSA) is 35.2 Å². The SMILES string of the molecule is COc1c(C)cc(Cl)c(C2(N)CC2)c1C. The van der Waals surface area contributed by atoms with E-state index < -0.39 is 0 Å². The summed E-state index contributed by atoms with van der Waals surface area (Å²) in [6, 6.07) is 1.94. The van der Waals surface area contributed by atoms with Crippen molar-refractivity contribution in [2.24, 2.45) is 5.73 Å². The van der Waals surface area contributed by atoms with Crippen LogP contribution in [0.5, 0.6) is 5.75 Å². The molecule has 82 valence electrons. The minimum absolute atomic E-state index is 0.206. The van der Waals surface area contributed by atoms with E-state index in [1.807, 2.05) is 19.9 Å². The summed E-state index contributed by atoms with van der Waals surface area (Å²) in [5.74, 6) is 0.908. The van der Waals surface area contributed by atoms with Gasteiger partial charge in [0, 0.05) is 10.6 Å². The lowest BCUT2D eigenvalue weighted by Gasteiger charge is -2.19. The van der Waals surface area contributed by atoms with Gasteiger partial charge in [0.1, 0.15) is 5.75 Å². The molecule has 1 saturated carbocycles. The van der Waals surface area contributed by atoms with Crippen LogP contribution in [0, 0.1) is 13.8 Å². The summed E-state index contributed by atoms with van der Waals surface area (Å²) in [5.41, 5.74) is 9.21. The van der Waals surface area contributed by atoms with E-state index in [0.29, 0.717) is 0 Å². The molecule has 15 heavy (non-hydrogen) atoms. The highest BCUT2D eigenvalue weighted by Crippen LogP contribution is 2.49. The summed E-state index contributed by atoms with van der Waals surface area (Å²) in [5, 5.41) is 0.769. The molecule has 0 spiro atoms. The van der Waals surface area contributed by atoms with Crippen molar-refractivity contribution in [2.45, 2.75) is 32.2 Å². The number of hydrogen-bond acceptors (Lipinski definition) is 2. The molecule has 2 nitrogen and oxygen atoms in total. The highest BCUT2D eigenvalue weighted by Gasteiger charge is 2.43. The Labute approximate surface area is 95.4 Å². The summed E-state index contributed by atoms with van der Waals surface area (Å²) < 4.78 is 5.38. The first-order chi connectivity index (χ1) is 6.99. The van der Waals surface area contributed by atoms with E-state index in [2.05, 4.69) is 0 Å². The number of nitrogens with two attached hydrogens (primary N) is 1. The van der Waals surface area contributed by atoms with Gasteiger partial charge in [0.2, 0.25) is 0 Å². The smallest absolute Gasteiger partial charge is 0.125 e. The van der Waals surface area contributed by atoms with E-state index in [9.17, 15) is 0 Å². The number of aryl methyl sites for hydroxylation is 1. The molecule has 0 saturated heterocycles. The highest BCUT2D eigenvalue weighted by atomic mass is 35.5. The Morgan fingerprint density at radius 1 is 1.40 bits per heavy atom. The Morgan fingerprint density at radius 3 is 2.47 bits per heavy atom. The molecule has 1 aromatic rings. The fourth-order valence-corrected chi connectivity index (χ4v) is 2.72. The van der Waals surface area contributed by atoms with Gasteiger partial charge in [-0.3, -0.25) is 0 Å². The largest absolute Gasteiger partial charge is 0.496 e. The van der Waals surface area contributed by atoms with Crippen molar-refractivity contribution in [3.63, 3.8) is 0 Å². The molecule has 0 atom stereocenters. The van der Waals surface area contributed by atoms with Crippen LogP contribution in [0.4, 0.5) is 0 Å². The Morgan fingerprint density at radius 2 is 2.00 bits per heavy atom. The highest BCUT2D eigenvalue weighted by molar-refractivity contribution is 6.31. The average molecular weight is 226 g/mol. The van der Waals surface area contributed by atoms with Crippen LogP contribution >= 0.6 is 11.6 Å². The lowest BCUT2D eigenvalue weighted by molar-refractivity contribution is 0.407. The molecule has 1 aliphatic carbocycles. The van der Waals surface area contributed by atoms with Gasteiger partial charge in [0.05, 0.1) is 7.11 Å². The van der Waals surface area contributed by atoms with Crippen LogP contribution in [0.15, 0.2) is 6.07 Å². The van der Waals surface area contributed by atoms with E-state index in [-0.39, 0.29) is 5.54 Å². The second kappa shape index (κ2) is 3.39. The zero-order chi connectivity index (χ0) is 11.2. The summed E-state index contributed by atoms with van der Waals surface area (Å²) in [6.07, 6.45) is 2.03. The standard InChI is InChI=1S/C12H16ClNO/c1-7-6-9(13)10(12(14)4-5-12)8(2)11(7)15-3/h6H,4-5,14H2,1-3H3. The second-order valence-electron chi connectivity index (χ2n) is 4.36. The summed E-state index contributed by atoms with van der Waals surface area (Å²) in [6.45, 7) is 4.03. The average Bonchev–Trinajstić information content (AvgIpc) is 2.83. The van der Waals surface area contributed by atoms with E-state index >= 15 is 0 Å². The number of methoxy groups -OCH3 is 1.